The van der Waals surface area contributed by atoms with Crippen LogP contribution in [0.1, 0.15) is 41.0 Å². The molecule has 4 heteroatoms. The fourth-order valence-electron chi connectivity index (χ4n) is 3.19. The van der Waals surface area contributed by atoms with Crippen molar-refractivity contribution in [3.05, 3.63) is 0 Å². The summed E-state index contributed by atoms with van der Waals surface area (Å²) in [6.45, 7) is 15.9. The van der Waals surface area contributed by atoms with Crippen LogP contribution in [0.4, 0.5) is 0 Å². The van der Waals surface area contributed by atoms with Gasteiger partial charge in [0, 0.05) is 25.2 Å². The molecule has 1 rings (SSSR count). The molecular weight excluding hydrogens is 236 g/mol. The molecule has 19 heavy (non-hydrogen) atoms. The largest absolute Gasteiger partial charge is 0.300 e. The van der Waals surface area contributed by atoms with Gasteiger partial charge in [0.1, 0.15) is 5.54 Å². The summed E-state index contributed by atoms with van der Waals surface area (Å²) in [5, 5.41) is 12.8. The lowest BCUT2D eigenvalue weighted by atomic mass is 10.0. The van der Waals surface area contributed by atoms with Crippen molar-refractivity contribution in [2.24, 2.45) is 0 Å². The standard InChI is InChI=1S/C15H30N4/c1-6-19(7-2)14-8-9-18(10-14)12-15(5,11-16)17-13(3)4/h13-14,17H,6-10,12H2,1-5H3. The predicted molar refractivity (Wildman–Crippen MR) is 80.1 cm³/mol. The van der Waals surface area contributed by atoms with E-state index in [9.17, 15) is 5.26 Å². The summed E-state index contributed by atoms with van der Waals surface area (Å²) in [4.78, 5) is 4.96. The molecule has 2 atom stereocenters. The van der Waals surface area contributed by atoms with Gasteiger partial charge in [-0.1, -0.05) is 13.8 Å². The minimum absolute atomic E-state index is 0.339. The summed E-state index contributed by atoms with van der Waals surface area (Å²) in [7, 11) is 0. The summed E-state index contributed by atoms with van der Waals surface area (Å²) in [5.41, 5.74) is -0.438. The van der Waals surface area contributed by atoms with Crippen molar-refractivity contribution in [1.82, 2.24) is 15.1 Å². The smallest absolute Gasteiger partial charge is 0.116 e. The zero-order valence-corrected chi connectivity index (χ0v) is 13.2. The molecule has 1 aliphatic rings. The van der Waals surface area contributed by atoms with Crippen LogP contribution >= 0.6 is 0 Å². The monoisotopic (exact) mass is 266 g/mol. The average molecular weight is 266 g/mol. The van der Waals surface area contributed by atoms with Crippen LogP contribution in [-0.2, 0) is 0 Å². The molecule has 1 heterocycles. The van der Waals surface area contributed by atoms with Gasteiger partial charge in [-0.3, -0.25) is 15.1 Å². The quantitative estimate of drug-likeness (QED) is 0.761. The lowest BCUT2D eigenvalue weighted by Crippen LogP contribution is -2.52. The molecule has 110 valence electrons. The first kappa shape index (κ1) is 16.4. The third-order valence-corrected chi connectivity index (χ3v) is 3.97. The van der Waals surface area contributed by atoms with E-state index >= 15 is 0 Å². The third kappa shape index (κ3) is 4.76. The highest BCUT2D eigenvalue weighted by Crippen LogP contribution is 2.18. The summed E-state index contributed by atoms with van der Waals surface area (Å²) in [5.74, 6) is 0. The molecule has 2 unspecified atom stereocenters. The van der Waals surface area contributed by atoms with Crippen molar-refractivity contribution in [3.63, 3.8) is 0 Å². The molecule has 0 aromatic heterocycles. The second-order valence-corrected chi connectivity index (χ2v) is 6.14. The Morgan fingerprint density at radius 3 is 2.53 bits per heavy atom. The number of likely N-dealkylation sites (tertiary alicyclic amines) is 1. The Morgan fingerprint density at radius 1 is 1.42 bits per heavy atom. The molecule has 0 aromatic rings. The van der Waals surface area contributed by atoms with Crippen LogP contribution in [0.25, 0.3) is 0 Å². The van der Waals surface area contributed by atoms with Crippen LogP contribution in [0.15, 0.2) is 0 Å². The summed E-state index contributed by atoms with van der Waals surface area (Å²) in [6, 6.07) is 3.44. The zero-order valence-electron chi connectivity index (χ0n) is 13.2. The maximum absolute atomic E-state index is 9.41. The van der Waals surface area contributed by atoms with Gasteiger partial charge in [0.05, 0.1) is 6.07 Å². The summed E-state index contributed by atoms with van der Waals surface area (Å²) < 4.78 is 0. The highest BCUT2D eigenvalue weighted by molar-refractivity contribution is 5.07. The van der Waals surface area contributed by atoms with Crippen molar-refractivity contribution in [1.29, 1.82) is 5.26 Å². The topological polar surface area (TPSA) is 42.3 Å². The lowest BCUT2D eigenvalue weighted by Gasteiger charge is -2.31. The van der Waals surface area contributed by atoms with Gasteiger partial charge in [0.15, 0.2) is 0 Å². The van der Waals surface area contributed by atoms with E-state index in [0.717, 1.165) is 32.7 Å². The van der Waals surface area contributed by atoms with Gasteiger partial charge in [-0.2, -0.15) is 5.26 Å². The normalized spacial score (nSPS) is 23.8. The Hall–Kier alpha value is -0.630. The van der Waals surface area contributed by atoms with E-state index < -0.39 is 5.54 Å². The van der Waals surface area contributed by atoms with Gasteiger partial charge in [-0.05, 0) is 46.8 Å². The molecule has 0 saturated carbocycles. The third-order valence-electron chi connectivity index (χ3n) is 3.97. The number of nitriles is 1. The highest BCUT2D eigenvalue weighted by Gasteiger charge is 2.32. The minimum Gasteiger partial charge on any atom is -0.300 e. The Kier molecular flexibility index (Phi) is 6.25. The highest BCUT2D eigenvalue weighted by atomic mass is 15.3. The molecule has 1 saturated heterocycles. The van der Waals surface area contributed by atoms with Crippen LogP contribution < -0.4 is 5.32 Å². The first-order valence-corrected chi connectivity index (χ1v) is 7.59. The lowest BCUT2D eigenvalue weighted by molar-refractivity contribution is 0.196. The molecule has 0 aliphatic carbocycles. The SMILES string of the molecule is CCN(CC)C1CCN(CC(C)(C#N)NC(C)C)C1. The average Bonchev–Trinajstić information content (AvgIpc) is 2.78. The van der Waals surface area contributed by atoms with Gasteiger partial charge in [0.2, 0.25) is 0 Å². The Bertz CT molecular complexity index is 306. The van der Waals surface area contributed by atoms with Crippen molar-refractivity contribution < 1.29 is 0 Å². The number of likely N-dealkylation sites (N-methyl/N-ethyl adjacent to an activating group) is 1. The number of nitrogens with one attached hydrogen (secondary N) is 1. The zero-order chi connectivity index (χ0) is 14.5. The van der Waals surface area contributed by atoms with E-state index in [0.29, 0.717) is 12.1 Å². The fourth-order valence-corrected chi connectivity index (χ4v) is 3.19. The van der Waals surface area contributed by atoms with Gasteiger partial charge in [-0.15, -0.1) is 0 Å². The van der Waals surface area contributed by atoms with Crippen molar-refractivity contribution in [2.75, 3.05) is 32.7 Å². The molecule has 0 bridgehead atoms. The fraction of sp³-hybridized carbons (Fsp3) is 0.933. The van der Waals surface area contributed by atoms with Crippen LogP contribution in [0.2, 0.25) is 0 Å². The molecule has 0 spiro atoms. The second-order valence-electron chi connectivity index (χ2n) is 6.14. The predicted octanol–water partition coefficient (Wildman–Crippen LogP) is 1.68. The van der Waals surface area contributed by atoms with Crippen molar-refractivity contribution in [2.45, 2.75) is 58.7 Å². The van der Waals surface area contributed by atoms with E-state index in [1.54, 1.807) is 0 Å². The molecule has 0 radical (unpaired) electrons. The van der Waals surface area contributed by atoms with E-state index in [4.69, 9.17) is 0 Å². The number of nitrogens with zero attached hydrogens (tertiary/aromatic N) is 3. The van der Waals surface area contributed by atoms with Crippen LogP contribution in [-0.4, -0.2) is 60.1 Å². The van der Waals surface area contributed by atoms with Crippen LogP contribution in [0.3, 0.4) is 0 Å². The minimum atomic E-state index is -0.438. The van der Waals surface area contributed by atoms with Gasteiger partial charge in [0.25, 0.3) is 0 Å². The molecule has 4 nitrogen and oxygen atoms in total. The summed E-state index contributed by atoms with van der Waals surface area (Å²) in [6.07, 6.45) is 1.23. The van der Waals surface area contributed by atoms with Crippen LogP contribution in [0, 0.1) is 11.3 Å². The van der Waals surface area contributed by atoms with Gasteiger partial charge < -0.3 is 0 Å². The van der Waals surface area contributed by atoms with Crippen molar-refractivity contribution in [3.8, 4) is 6.07 Å². The second kappa shape index (κ2) is 7.23. The molecule has 0 aromatic carbocycles. The van der Waals surface area contributed by atoms with E-state index in [-0.39, 0.29) is 0 Å². The number of hydrogen-bond donors (Lipinski definition) is 1. The Balaban J connectivity index is 2.53. The van der Waals surface area contributed by atoms with E-state index in [1.165, 1.54) is 6.42 Å². The Morgan fingerprint density at radius 2 is 2.05 bits per heavy atom. The Labute approximate surface area is 118 Å². The van der Waals surface area contributed by atoms with Crippen molar-refractivity contribution >= 4 is 0 Å². The maximum Gasteiger partial charge on any atom is 0.116 e. The number of hydrogen-bond acceptors (Lipinski definition) is 4. The molecular formula is C15H30N4. The van der Waals surface area contributed by atoms with Crippen LogP contribution in [0.5, 0.6) is 0 Å². The van der Waals surface area contributed by atoms with Gasteiger partial charge >= 0.3 is 0 Å². The summed E-state index contributed by atoms with van der Waals surface area (Å²) >= 11 is 0. The molecule has 1 N–H and O–H groups in total. The number of rotatable bonds is 7. The molecule has 1 aliphatic heterocycles. The molecule has 1 fully saturated rings. The first-order chi connectivity index (χ1) is 8.94. The van der Waals surface area contributed by atoms with E-state index in [2.05, 4.69) is 48.9 Å². The van der Waals surface area contributed by atoms with E-state index in [1.807, 2.05) is 6.92 Å². The van der Waals surface area contributed by atoms with Gasteiger partial charge in [-0.25, -0.2) is 0 Å². The molecule has 0 amide bonds. The first-order valence-electron chi connectivity index (χ1n) is 7.59. The maximum atomic E-state index is 9.41.